The molecule has 4 rings (SSSR count). The van der Waals surface area contributed by atoms with Gasteiger partial charge in [0.1, 0.15) is 22.9 Å². The van der Waals surface area contributed by atoms with Crippen molar-refractivity contribution in [2.45, 2.75) is 38.8 Å². The standard InChI is InChI=1S/C23H23N5O4S/c1-14-10-15(28(2)27-14)13-25-23(30)32-17-5-7-18-19(12-24)22(33-20(18)11-17)26-21(29)8-6-16-4-3-9-31-16/h3-4,6,8-10,17H,5,7,11,13H2,1-2H3,(H,25,30)(H,26,29)/b8-6+. The molecule has 0 saturated carbocycles. The Kier molecular flexibility index (Phi) is 6.60. The number of anilines is 1. The Bertz CT molecular complexity index is 1230. The van der Waals surface area contributed by atoms with Crippen molar-refractivity contribution in [1.29, 1.82) is 5.26 Å². The fourth-order valence-corrected chi connectivity index (χ4v) is 5.01. The van der Waals surface area contributed by atoms with Gasteiger partial charge >= 0.3 is 6.09 Å². The van der Waals surface area contributed by atoms with Crippen LogP contribution in [-0.2, 0) is 36.0 Å². The quantitative estimate of drug-likeness (QED) is 0.536. The van der Waals surface area contributed by atoms with Crippen molar-refractivity contribution in [2.75, 3.05) is 5.32 Å². The lowest BCUT2D eigenvalue weighted by Gasteiger charge is -2.22. The van der Waals surface area contributed by atoms with Crippen LogP contribution in [0.3, 0.4) is 0 Å². The van der Waals surface area contributed by atoms with Gasteiger partial charge in [-0.25, -0.2) is 4.79 Å². The van der Waals surface area contributed by atoms with Crippen LogP contribution in [0.15, 0.2) is 35.0 Å². The van der Waals surface area contributed by atoms with E-state index in [1.54, 1.807) is 22.9 Å². The number of furan rings is 1. The second-order valence-electron chi connectivity index (χ2n) is 7.68. The van der Waals surface area contributed by atoms with E-state index in [9.17, 15) is 14.9 Å². The van der Waals surface area contributed by atoms with E-state index in [0.717, 1.165) is 21.8 Å². The topological polar surface area (TPSA) is 122 Å². The van der Waals surface area contributed by atoms with Crippen LogP contribution in [0, 0.1) is 18.3 Å². The minimum absolute atomic E-state index is 0.293. The molecule has 1 unspecified atom stereocenters. The third-order valence-electron chi connectivity index (χ3n) is 5.30. The van der Waals surface area contributed by atoms with Crippen molar-refractivity contribution in [3.8, 4) is 6.07 Å². The van der Waals surface area contributed by atoms with Crippen LogP contribution in [-0.4, -0.2) is 27.9 Å². The third-order valence-corrected chi connectivity index (χ3v) is 6.47. The summed E-state index contributed by atoms with van der Waals surface area (Å²) < 4.78 is 12.5. The molecular weight excluding hydrogens is 442 g/mol. The predicted octanol–water partition coefficient (Wildman–Crippen LogP) is 3.69. The highest BCUT2D eigenvalue weighted by Gasteiger charge is 2.28. The molecule has 0 saturated heterocycles. The number of aryl methyl sites for hydroxylation is 2. The molecule has 170 valence electrons. The van der Waals surface area contributed by atoms with Gasteiger partial charge < -0.3 is 19.8 Å². The van der Waals surface area contributed by atoms with E-state index in [0.29, 0.717) is 42.1 Å². The number of fused-ring (bicyclic) bond motifs is 1. The van der Waals surface area contributed by atoms with Gasteiger partial charge in [0, 0.05) is 24.4 Å². The molecule has 1 atom stereocenters. The lowest BCUT2D eigenvalue weighted by atomic mass is 9.94. The van der Waals surface area contributed by atoms with Crippen LogP contribution in [0.2, 0.25) is 0 Å². The van der Waals surface area contributed by atoms with E-state index in [1.807, 2.05) is 20.0 Å². The maximum Gasteiger partial charge on any atom is 0.407 e. The molecule has 33 heavy (non-hydrogen) atoms. The van der Waals surface area contributed by atoms with Crippen LogP contribution in [0.4, 0.5) is 9.80 Å². The number of rotatable bonds is 6. The minimum atomic E-state index is -0.490. The number of nitrogens with one attached hydrogen (secondary N) is 2. The van der Waals surface area contributed by atoms with Gasteiger partial charge in [0.2, 0.25) is 5.91 Å². The van der Waals surface area contributed by atoms with Gasteiger partial charge in [-0.1, -0.05) is 0 Å². The van der Waals surface area contributed by atoms with E-state index in [4.69, 9.17) is 9.15 Å². The molecule has 0 fully saturated rings. The Labute approximate surface area is 194 Å². The molecule has 0 radical (unpaired) electrons. The number of alkyl carbamates (subject to hydrolysis) is 1. The lowest BCUT2D eigenvalue weighted by molar-refractivity contribution is -0.111. The molecule has 0 spiro atoms. The maximum absolute atomic E-state index is 12.3. The van der Waals surface area contributed by atoms with Crippen LogP contribution < -0.4 is 10.6 Å². The summed E-state index contributed by atoms with van der Waals surface area (Å²) in [6.07, 6.45) is 5.38. The number of hydrogen-bond acceptors (Lipinski definition) is 7. The SMILES string of the molecule is Cc1cc(CNC(=O)OC2CCc3c(sc(NC(=O)/C=C/c4ccco4)c3C#N)C2)n(C)n1. The lowest BCUT2D eigenvalue weighted by Crippen LogP contribution is -2.32. The highest BCUT2D eigenvalue weighted by molar-refractivity contribution is 7.16. The number of aromatic nitrogens is 2. The van der Waals surface area contributed by atoms with Crippen molar-refractivity contribution in [2.24, 2.45) is 7.05 Å². The number of nitriles is 1. The number of carbonyl (C=O) groups is 2. The van der Waals surface area contributed by atoms with Crippen molar-refractivity contribution in [3.63, 3.8) is 0 Å². The molecule has 3 aromatic rings. The zero-order valence-corrected chi connectivity index (χ0v) is 19.1. The Morgan fingerprint density at radius 2 is 2.33 bits per heavy atom. The summed E-state index contributed by atoms with van der Waals surface area (Å²) in [4.78, 5) is 25.5. The average Bonchev–Trinajstić information content (AvgIpc) is 3.49. The average molecular weight is 466 g/mol. The highest BCUT2D eigenvalue weighted by atomic mass is 32.1. The molecule has 1 aliphatic carbocycles. The summed E-state index contributed by atoms with van der Waals surface area (Å²) in [6, 6.07) is 7.58. The van der Waals surface area contributed by atoms with Gasteiger partial charge in [-0.3, -0.25) is 9.48 Å². The second kappa shape index (κ2) is 9.75. The van der Waals surface area contributed by atoms with E-state index >= 15 is 0 Å². The third kappa shape index (κ3) is 5.32. The zero-order chi connectivity index (χ0) is 23.4. The summed E-state index contributed by atoms with van der Waals surface area (Å²) in [6.45, 7) is 2.22. The van der Waals surface area contributed by atoms with E-state index in [2.05, 4.69) is 21.8 Å². The van der Waals surface area contributed by atoms with Crippen LogP contribution >= 0.6 is 11.3 Å². The Morgan fingerprint density at radius 3 is 3.03 bits per heavy atom. The van der Waals surface area contributed by atoms with Gasteiger partial charge in [-0.2, -0.15) is 10.4 Å². The largest absolute Gasteiger partial charge is 0.465 e. The van der Waals surface area contributed by atoms with Crippen LogP contribution in [0.5, 0.6) is 0 Å². The molecule has 3 heterocycles. The molecule has 0 bridgehead atoms. The molecule has 9 nitrogen and oxygen atoms in total. The molecule has 0 aliphatic heterocycles. The fraction of sp³-hybridized carbons (Fsp3) is 0.304. The van der Waals surface area contributed by atoms with Gasteiger partial charge in [0.25, 0.3) is 0 Å². The fourth-order valence-electron chi connectivity index (χ4n) is 3.75. The summed E-state index contributed by atoms with van der Waals surface area (Å²) in [7, 11) is 1.82. The molecule has 10 heteroatoms. The summed E-state index contributed by atoms with van der Waals surface area (Å²) >= 11 is 1.35. The first-order chi connectivity index (χ1) is 15.9. The monoisotopic (exact) mass is 465 g/mol. The smallest absolute Gasteiger partial charge is 0.407 e. The van der Waals surface area contributed by atoms with E-state index in [-0.39, 0.29) is 12.0 Å². The summed E-state index contributed by atoms with van der Waals surface area (Å²) in [5.74, 6) is 0.215. The van der Waals surface area contributed by atoms with E-state index in [1.165, 1.54) is 23.7 Å². The molecular formula is C23H23N5O4S. The molecule has 2 amide bonds. The van der Waals surface area contributed by atoms with Gasteiger partial charge in [-0.05, 0) is 49.6 Å². The van der Waals surface area contributed by atoms with Crippen molar-refractivity contribution in [1.82, 2.24) is 15.1 Å². The molecule has 1 aliphatic rings. The first-order valence-electron chi connectivity index (χ1n) is 10.4. The van der Waals surface area contributed by atoms with E-state index < -0.39 is 6.09 Å². The van der Waals surface area contributed by atoms with Crippen LogP contribution in [0.25, 0.3) is 6.08 Å². The van der Waals surface area contributed by atoms with Gasteiger partial charge in [-0.15, -0.1) is 11.3 Å². The van der Waals surface area contributed by atoms with Crippen molar-refractivity contribution in [3.05, 3.63) is 63.7 Å². The van der Waals surface area contributed by atoms with Crippen molar-refractivity contribution >= 4 is 34.4 Å². The number of nitrogens with zero attached hydrogens (tertiary/aromatic N) is 3. The van der Waals surface area contributed by atoms with Crippen LogP contribution in [0.1, 0.15) is 39.6 Å². The highest BCUT2D eigenvalue weighted by Crippen LogP contribution is 2.38. The first kappa shape index (κ1) is 22.4. The minimum Gasteiger partial charge on any atom is -0.465 e. The zero-order valence-electron chi connectivity index (χ0n) is 18.3. The Balaban J connectivity index is 1.36. The molecule has 3 aromatic heterocycles. The normalized spacial score (nSPS) is 15.1. The number of carbonyl (C=O) groups excluding carboxylic acids is 2. The molecule has 2 N–H and O–H groups in total. The first-order valence-corrected chi connectivity index (χ1v) is 11.3. The number of amides is 2. The summed E-state index contributed by atoms with van der Waals surface area (Å²) in [5, 5.41) is 19.9. The summed E-state index contributed by atoms with van der Waals surface area (Å²) in [5.41, 5.74) is 3.16. The molecule has 0 aromatic carbocycles. The Hall–Kier alpha value is -3.84. The number of hydrogen-bond donors (Lipinski definition) is 2. The van der Waals surface area contributed by atoms with Gasteiger partial charge in [0.15, 0.2) is 0 Å². The Morgan fingerprint density at radius 1 is 1.48 bits per heavy atom. The number of thiophene rings is 1. The van der Waals surface area contributed by atoms with Crippen molar-refractivity contribution < 1.29 is 18.7 Å². The van der Waals surface area contributed by atoms with Gasteiger partial charge in [0.05, 0.1) is 29.8 Å². The predicted molar refractivity (Wildman–Crippen MR) is 122 cm³/mol. The number of ether oxygens (including phenoxy) is 1. The maximum atomic E-state index is 12.3. The second-order valence-corrected chi connectivity index (χ2v) is 8.79.